The smallest absolute Gasteiger partial charge is 0.254 e. The number of nitrogens with two attached hydrogens (primary N) is 1. The number of benzene rings is 2. The number of likely N-dealkylation sites (tertiary alicyclic amines) is 1. The van der Waals surface area contributed by atoms with Crippen LogP contribution in [0.4, 0.5) is 4.39 Å². The number of rotatable bonds is 3. The van der Waals surface area contributed by atoms with Crippen molar-refractivity contribution in [2.75, 3.05) is 6.54 Å². The number of hydrogen-bond acceptors (Lipinski definition) is 4. The maximum absolute atomic E-state index is 16.2. The van der Waals surface area contributed by atoms with Crippen molar-refractivity contribution >= 4 is 33.8 Å². The number of piperidine rings is 1. The lowest BCUT2D eigenvalue weighted by molar-refractivity contribution is -0.130. The molecule has 4 bridgehead atoms. The summed E-state index contributed by atoms with van der Waals surface area (Å²) in [6, 6.07) is 12.0. The largest absolute Gasteiger partial charge is 0.349 e. The van der Waals surface area contributed by atoms with E-state index in [1.807, 2.05) is 25.7 Å². The first kappa shape index (κ1) is 30.6. The number of carbonyl (C=O) groups excluding carboxylic acids is 2. The number of fused-ring (bicyclic) bond motifs is 4. The average molecular weight is 639 g/mol. The summed E-state index contributed by atoms with van der Waals surface area (Å²) in [7, 11) is 0. The summed E-state index contributed by atoms with van der Waals surface area (Å²) in [6.45, 7) is 7.48. The van der Waals surface area contributed by atoms with E-state index in [1.54, 1.807) is 6.07 Å². The fourth-order valence-electron chi connectivity index (χ4n) is 8.52. The molecule has 2 amide bonds. The summed E-state index contributed by atoms with van der Waals surface area (Å²) in [5, 5.41) is 4.36. The van der Waals surface area contributed by atoms with Gasteiger partial charge < -0.3 is 25.1 Å². The summed E-state index contributed by atoms with van der Waals surface area (Å²) in [4.78, 5) is 34.0. The highest BCUT2D eigenvalue weighted by Gasteiger charge is 2.41. The van der Waals surface area contributed by atoms with Gasteiger partial charge in [0.2, 0.25) is 5.91 Å². The second-order valence-corrected chi connectivity index (χ2v) is 15.5. The van der Waals surface area contributed by atoms with Crippen molar-refractivity contribution in [1.29, 1.82) is 0 Å². The highest BCUT2D eigenvalue weighted by molar-refractivity contribution is 5.99. The van der Waals surface area contributed by atoms with E-state index in [-0.39, 0.29) is 36.0 Å². The lowest BCUT2D eigenvalue weighted by Crippen LogP contribution is -2.51. The molecule has 4 atom stereocenters. The van der Waals surface area contributed by atoms with Crippen molar-refractivity contribution in [3.05, 3.63) is 53.3 Å². The van der Waals surface area contributed by atoms with Gasteiger partial charge in [-0.1, -0.05) is 45.2 Å². The SMILES string of the molecule is C[C@H]1NC(=O)C(C)(C)CCCCCCn2c(-c3nc4cc(C(=O)N5C[C@H](N)[C@@H]6CC[C@H]5C6)cc(F)c4n3C3CC3)cc3ccc1cc32. The van der Waals surface area contributed by atoms with Gasteiger partial charge in [0.05, 0.1) is 17.3 Å². The Hall–Kier alpha value is -3.72. The molecule has 2 aliphatic carbocycles. The van der Waals surface area contributed by atoms with Crippen LogP contribution in [-0.4, -0.2) is 49.5 Å². The number of hydrogen-bond donors (Lipinski definition) is 2. The fraction of sp³-hybridized carbons (Fsp3) is 0.553. The van der Waals surface area contributed by atoms with Crippen molar-refractivity contribution in [3.63, 3.8) is 0 Å². The van der Waals surface area contributed by atoms with Crippen LogP contribution in [0.1, 0.15) is 113 Å². The van der Waals surface area contributed by atoms with Crippen LogP contribution in [0.5, 0.6) is 0 Å². The number of aromatic nitrogens is 3. The molecule has 2 aliphatic heterocycles. The van der Waals surface area contributed by atoms with E-state index >= 15 is 4.39 Å². The van der Waals surface area contributed by atoms with Gasteiger partial charge in [-0.2, -0.15) is 0 Å². The van der Waals surface area contributed by atoms with E-state index in [9.17, 15) is 9.59 Å². The molecule has 0 spiro atoms. The zero-order chi connectivity index (χ0) is 32.6. The number of nitrogens with zero attached hydrogens (tertiary/aromatic N) is 4. The maximum atomic E-state index is 16.2. The van der Waals surface area contributed by atoms with Crippen LogP contribution in [0.2, 0.25) is 0 Å². The van der Waals surface area contributed by atoms with E-state index in [1.165, 1.54) is 6.07 Å². The Labute approximate surface area is 275 Å². The quantitative estimate of drug-likeness (QED) is 0.247. The lowest BCUT2D eigenvalue weighted by Gasteiger charge is -2.37. The number of imidazole rings is 1. The third-order valence-electron chi connectivity index (χ3n) is 11.6. The zero-order valence-corrected chi connectivity index (χ0v) is 27.9. The van der Waals surface area contributed by atoms with E-state index in [4.69, 9.17) is 10.7 Å². The standard InChI is InChI=1S/C38H47FN6O2/c1-22-23-8-9-25-20-33(43(32(25)19-23)15-7-5-4-6-14-38(2,3)37(47)41-22)35-42-31-18-26(17-29(39)34(31)45(35)27-12-13-27)36(46)44-21-30(40)24-10-11-28(44)16-24/h8-9,17-20,22,24,27-28,30H,4-7,10-16,21,40H2,1-3H3,(H,41,47)/t22-,24-,28+,30+/m1/s1. The molecule has 8 nitrogen and oxygen atoms in total. The molecule has 4 aromatic rings. The van der Waals surface area contributed by atoms with Gasteiger partial charge in [-0.3, -0.25) is 9.59 Å². The third kappa shape index (κ3) is 5.35. The molecule has 1 saturated heterocycles. The maximum Gasteiger partial charge on any atom is 0.254 e. The van der Waals surface area contributed by atoms with Gasteiger partial charge in [0, 0.05) is 53.1 Å². The van der Waals surface area contributed by atoms with Gasteiger partial charge in [0.1, 0.15) is 11.3 Å². The number of carbonyl (C=O) groups is 2. The number of halogens is 1. The molecule has 2 aromatic carbocycles. The molecular weight excluding hydrogens is 591 g/mol. The van der Waals surface area contributed by atoms with E-state index < -0.39 is 11.2 Å². The second kappa shape index (κ2) is 11.5. The molecule has 4 heterocycles. The summed E-state index contributed by atoms with van der Waals surface area (Å²) in [5.41, 5.74) is 10.5. The molecule has 0 unspecified atom stereocenters. The Morgan fingerprint density at radius 3 is 2.62 bits per heavy atom. The van der Waals surface area contributed by atoms with Gasteiger partial charge >= 0.3 is 0 Å². The molecule has 9 heteroatoms. The van der Waals surface area contributed by atoms with Gasteiger partial charge in [-0.05, 0) is 87.6 Å². The molecule has 3 N–H and O–H groups in total. The molecule has 47 heavy (non-hydrogen) atoms. The lowest BCUT2D eigenvalue weighted by atomic mass is 9.85. The first-order chi connectivity index (χ1) is 22.6. The van der Waals surface area contributed by atoms with Crippen LogP contribution < -0.4 is 11.1 Å². The Kier molecular flexibility index (Phi) is 7.46. The van der Waals surface area contributed by atoms with Gasteiger partial charge in [-0.15, -0.1) is 0 Å². The predicted octanol–water partition coefficient (Wildman–Crippen LogP) is 7.25. The minimum atomic E-state index is -0.405. The van der Waals surface area contributed by atoms with Crippen molar-refractivity contribution in [2.24, 2.45) is 17.1 Å². The van der Waals surface area contributed by atoms with Gasteiger partial charge in [-0.25, -0.2) is 9.37 Å². The summed E-state index contributed by atoms with van der Waals surface area (Å²) >= 11 is 0. The van der Waals surface area contributed by atoms with Gasteiger partial charge in [0.15, 0.2) is 5.82 Å². The van der Waals surface area contributed by atoms with Crippen LogP contribution in [0, 0.1) is 17.2 Å². The molecule has 8 rings (SSSR count). The fourth-order valence-corrected chi connectivity index (χ4v) is 8.52. The Morgan fingerprint density at radius 1 is 1.02 bits per heavy atom. The van der Waals surface area contributed by atoms with Crippen LogP contribution in [0.25, 0.3) is 33.5 Å². The molecule has 0 radical (unpaired) electrons. The van der Waals surface area contributed by atoms with Gasteiger partial charge in [0.25, 0.3) is 5.91 Å². The molecule has 248 valence electrons. The second-order valence-electron chi connectivity index (χ2n) is 15.5. The van der Waals surface area contributed by atoms with Crippen molar-refractivity contribution < 1.29 is 14.0 Å². The van der Waals surface area contributed by atoms with E-state index in [2.05, 4.69) is 38.7 Å². The first-order valence-electron chi connectivity index (χ1n) is 17.8. The monoisotopic (exact) mass is 638 g/mol. The molecule has 2 saturated carbocycles. The van der Waals surface area contributed by atoms with Crippen LogP contribution in [0.3, 0.4) is 0 Å². The third-order valence-corrected chi connectivity index (χ3v) is 11.6. The predicted molar refractivity (Wildman–Crippen MR) is 182 cm³/mol. The van der Waals surface area contributed by atoms with Crippen molar-refractivity contribution in [1.82, 2.24) is 24.3 Å². The topological polar surface area (TPSA) is 98.2 Å². The Bertz CT molecular complexity index is 1890. The van der Waals surface area contributed by atoms with Crippen molar-refractivity contribution in [2.45, 2.75) is 116 Å². The highest BCUT2D eigenvalue weighted by atomic mass is 19.1. The van der Waals surface area contributed by atoms with E-state index in [0.717, 1.165) is 98.7 Å². The minimum absolute atomic E-state index is 0.0247. The van der Waals surface area contributed by atoms with E-state index in [0.29, 0.717) is 29.1 Å². The summed E-state index contributed by atoms with van der Waals surface area (Å²) in [6.07, 6.45) is 9.91. The van der Waals surface area contributed by atoms with Crippen molar-refractivity contribution in [3.8, 4) is 11.5 Å². The first-order valence-corrected chi connectivity index (χ1v) is 17.8. The Balaban J connectivity index is 1.22. The molecule has 2 aromatic heterocycles. The van der Waals surface area contributed by atoms with Crippen LogP contribution in [-0.2, 0) is 11.3 Å². The summed E-state index contributed by atoms with van der Waals surface area (Å²) < 4.78 is 20.7. The van der Waals surface area contributed by atoms with Crippen LogP contribution >= 0.6 is 0 Å². The minimum Gasteiger partial charge on any atom is -0.349 e. The zero-order valence-electron chi connectivity index (χ0n) is 27.9. The summed E-state index contributed by atoms with van der Waals surface area (Å²) in [5.74, 6) is 0.787. The highest BCUT2D eigenvalue weighted by Crippen LogP contribution is 2.44. The molecule has 4 aliphatic rings. The molecule has 3 fully saturated rings. The number of amides is 2. The van der Waals surface area contributed by atoms with Crippen LogP contribution in [0.15, 0.2) is 36.4 Å². The molecular formula is C38H47FN6O2. The number of nitrogens with one attached hydrogen (secondary N) is 1. The Morgan fingerprint density at radius 2 is 1.81 bits per heavy atom. The average Bonchev–Trinajstić information content (AvgIpc) is 3.51. The normalized spacial score (nSPS) is 26.6. The number of aryl methyl sites for hydroxylation is 1.